The van der Waals surface area contributed by atoms with E-state index < -0.39 is 5.97 Å². The molecule has 2 heterocycles. The summed E-state index contributed by atoms with van der Waals surface area (Å²) in [5.74, 6) is -0.977. The maximum Gasteiger partial charge on any atom is 0.306 e. The Bertz CT molecular complexity index is 550. The molecule has 3 rings (SSSR count). The molecule has 1 aromatic carbocycles. The minimum atomic E-state index is -0.747. The highest BCUT2D eigenvalue weighted by Crippen LogP contribution is 2.26. The van der Waals surface area contributed by atoms with Crippen LogP contribution in [-0.2, 0) is 16.0 Å². The summed E-state index contributed by atoms with van der Waals surface area (Å²) in [6.45, 7) is 1.88. The van der Waals surface area contributed by atoms with E-state index in [4.69, 9.17) is 5.11 Å². The Balaban J connectivity index is 1.71. The number of amides is 1. The molecule has 112 valence electrons. The van der Waals surface area contributed by atoms with E-state index in [1.807, 2.05) is 18.2 Å². The number of piperidine rings is 1. The summed E-state index contributed by atoms with van der Waals surface area (Å²) in [5, 5.41) is 12.3. The fraction of sp³-hybridized carbons (Fsp3) is 0.500. The minimum Gasteiger partial charge on any atom is -0.481 e. The number of hydrogen-bond donors (Lipinski definition) is 2. The van der Waals surface area contributed by atoms with Crippen molar-refractivity contribution < 1.29 is 14.7 Å². The van der Waals surface area contributed by atoms with E-state index >= 15 is 0 Å². The Hall–Kier alpha value is -1.88. The van der Waals surface area contributed by atoms with Crippen LogP contribution in [0.4, 0.5) is 0 Å². The molecule has 2 aliphatic heterocycles. The van der Waals surface area contributed by atoms with Crippen molar-refractivity contribution in [2.75, 3.05) is 19.6 Å². The summed E-state index contributed by atoms with van der Waals surface area (Å²) in [6, 6.07) is 7.77. The fourth-order valence-corrected chi connectivity index (χ4v) is 3.25. The molecule has 1 aromatic rings. The number of aliphatic carboxylic acids is 1. The van der Waals surface area contributed by atoms with Crippen molar-refractivity contribution in [3.05, 3.63) is 35.4 Å². The number of fused-ring (bicyclic) bond motifs is 1. The second kappa shape index (κ2) is 5.85. The molecule has 1 saturated heterocycles. The number of rotatable bonds is 2. The van der Waals surface area contributed by atoms with Gasteiger partial charge in [-0.3, -0.25) is 9.59 Å². The molecule has 0 spiro atoms. The summed E-state index contributed by atoms with van der Waals surface area (Å²) < 4.78 is 0. The number of nitrogens with one attached hydrogen (secondary N) is 1. The van der Waals surface area contributed by atoms with Gasteiger partial charge in [-0.25, -0.2) is 0 Å². The van der Waals surface area contributed by atoms with Gasteiger partial charge in [0, 0.05) is 19.6 Å². The van der Waals surface area contributed by atoms with Gasteiger partial charge < -0.3 is 15.3 Å². The SMILES string of the molecule is O=C(O)C1CCN(C(=O)C2NCCc3ccccc32)CC1. The summed E-state index contributed by atoms with van der Waals surface area (Å²) in [5.41, 5.74) is 2.30. The first-order chi connectivity index (χ1) is 10.2. The number of likely N-dealkylation sites (tertiary alicyclic amines) is 1. The lowest BCUT2D eigenvalue weighted by Crippen LogP contribution is -2.47. The van der Waals surface area contributed by atoms with Crippen LogP contribution in [0, 0.1) is 5.92 Å². The predicted molar refractivity (Wildman–Crippen MR) is 77.8 cm³/mol. The van der Waals surface area contributed by atoms with E-state index in [0.29, 0.717) is 25.9 Å². The second-order valence-corrected chi connectivity index (χ2v) is 5.77. The highest BCUT2D eigenvalue weighted by molar-refractivity contribution is 5.84. The van der Waals surface area contributed by atoms with Crippen LogP contribution in [-0.4, -0.2) is 41.5 Å². The smallest absolute Gasteiger partial charge is 0.306 e. The van der Waals surface area contributed by atoms with Gasteiger partial charge in [-0.2, -0.15) is 0 Å². The fourth-order valence-electron chi connectivity index (χ4n) is 3.25. The average Bonchev–Trinajstić information content (AvgIpc) is 2.53. The number of nitrogens with zero attached hydrogens (tertiary/aromatic N) is 1. The van der Waals surface area contributed by atoms with Gasteiger partial charge in [0.15, 0.2) is 0 Å². The van der Waals surface area contributed by atoms with Crippen molar-refractivity contribution in [1.82, 2.24) is 10.2 Å². The third-order valence-electron chi connectivity index (χ3n) is 4.51. The van der Waals surface area contributed by atoms with Gasteiger partial charge in [-0.05, 0) is 30.4 Å². The lowest BCUT2D eigenvalue weighted by molar-refractivity contribution is -0.146. The molecule has 1 atom stereocenters. The molecule has 1 fully saturated rings. The molecule has 2 N–H and O–H groups in total. The van der Waals surface area contributed by atoms with Crippen molar-refractivity contribution in [3.63, 3.8) is 0 Å². The van der Waals surface area contributed by atoms with Crippen molar-refractivity contribution in [2.24, 2.45) is 5.92 Å². The summed E-state index contributed by atoms with van der Waals surface area (Å²) in [6.07, 6.45) is 2.05. The van der Waals surface area contributed by atoms with Crippen molar-refractivity contribution in [1.29, 1.82) is 0 Å². The van der Waals surface area contributed by atoms with E-state index in [-0.39, 0.29) is 17.9 Å². The summed E-state index contributed by atoms with van der Waals surface area (Å²) >= 11 is 0. The molecule has 2 aliphatic rings. The largest absolute Gasteiger partial charge is 0.481 e. The first-order valence-corrected chi connectivity index (χ1v) is 7.49. The molecule has 5 nitrogen and oxygen atoms in total. The van der Waals surface area contributed by atoms with Gasteiger partial charge in [-0.1, -0.05) is 24.3 Å². The monoisotopic (exact) mass is 288 g/mol. The Morgan fingerprint density at radius 1 is 1.19 bits per heavy atom. The zero-order chi connectivity index (χ0) is 14.8. The van der Waals surface area contributed by atoms with Crippen LogP contribution in [0.15, 0.2) is 24.3 Å². The van der Waals surface area contributed by atoms with Crippen molar-refractivity contribution >= 4 is 11.9 Å². The first-order valence-electron chi connectivity index (χ1n) is 7.49. The van der Waals surface area contributed by atoms with Gasteiger partial charge >= 0.3 is 5.97 Å². The number of carboxylic acid groups (broad SMARTS) is 1. The summed E-state index contributed by atoms with van der Waals surface area (Å²) in [7, 11) is 0. The lowest BCUT2D eigenvalue weighted by atomic mass is 9.92. The van der Waals surface area contributed by atoms with Crippen molar-refractivity contribution in [3.8, 4) is 0 Å². The molecule has 0 saturated carbocycles. The van der Waals surface area contributed by atoms with E-state index in [9.17, 15) is 9.59 Å². The van der Waals surface area contributed by atoms with Crippen LogP contribution >= 0.6 is 0 Å². The van der Waals surface area contributed by atoms with E-state index in [1.165, 1.54) is 5.56 Å². The van der Waals surface area contributed by atoms with E-state index in [1.54, 1.807) is 4.90 Å². The zero-order valence-electron chi connectivity index (χ0n) is 11.9. The number of hydrogen-bond acceptors (Lipinski definition) is 3. The van der Waals surface area contributed by atoms with Crippen LogP contribution in [0.2, 0.25) is 0 Å². The van der Waals surface area contributed by atoms with Crippen molar-refractivity contribution in [2.45, 2.75) is 25.3 Å². The Kier molecular flexibility index (Phi) is 3.92. The van der Waals surface area contributed by atoms with Crippen LogP contribution in [0.3, 0.4) is 0 Å². The van der Waals surface area contributed by atoms with Gasteiger partial charge in [0.25, 0.3) is 0 Å². The average molecular weight is 288 g/mol. The van der Waals surface area contributed by atoms with Gasteiger partial charge in [0.2, 0.25) is 5.91 Å². The number of carbonyl (C=O) groups excluding carboxylic acids is 1. The van der Waals surface area contributed by atoms with E-state index in [0.717, 1.165) is 18.5 Å². The highest BCUT2D eigenvalue weighted by Gasteiger charge is 2.33. The maximum absolute atomic E-state index is 12.7. The van der Waals surface area contributed by atoms with Crippen LogP contribution < -0.4 is 5.32 Å². The third kappa shape index (κ3) is 2.78. The molecule has 0 aromatic heterocycles. The third-order valence-corrected chi connectivity index (χ3v) is 4.51. The number of carbonyl (C=O) groups is 2. The molecule has 0 bridgehead atoms. The summed E-state index contributed by atoms with van der Waals surface area (Å²) in [4.78, 5) is 25.5. The van der Waals surface area contributed by atoms with Gasteiger partial charge in [0.1, 0.15) is 6.04 Å². The molecule has 0 radical (unpaired) electrons. The Labute approximate surface area is 123 Å². The zero-order valence-corrected chi connectivity index (χ0v) is 11.9. The lowest BCUT2D eigenvalue weighted by Gasteiger charge is -2.35. The van der Waals surface area contributed by atoms with E-state index in [2.05, 4.69) is 11.4 Å². The molecule has 1 unspecified atom stereocenters. The highest BCUT2D eigenvalue weighted by atomic mass is 16.4. The van der Waals surface area contributed by atoms with Gasteiger partial charge in [-0.15, -0.1) is 0 Å². The molecular weight excluding hydrogens is 268 g/mol. The van der Waals surface area contributed by atoms with Crippen LogP contribution in [0.5, 0.6) is 0 Å². The Morgan fingerprint density at radius 3 is 2.62 bits per heavy atom. The minimum absolute atomic E-state index is 0.0750. The topological polar surface area (TPSA) is 69.6 Å². The predicted octanol–water partition coefficient (Wildman–Crippen LogP) is 1.20. The van der Waals surface area contributed by atoms with Gasteiger partial charge in [0.05, 0.1) is 5.92 Å². The standard InChI is InChI=1S/C16H20N2O3/c19-15(18-9-6-12(7-10-18)16(20)21)14-13-4-2-1-3-11(13)5-8-17-14/h1-4,12,14,17H,5-10H2,(H,20,21). The molecule has 5 heteroatoms. The molecule has 1 amide bonds. The second-order valence-electron chi connectivity index (χ2n) is 5.77. The number of benzene rings is 1. The van der Waals surface area contributed by atoms with Crippen LogP contribution in [0.25, 0.3) is 0 Å². The number of carboxylic acids is 1. The maximum atomic E-state index is 12.7. The first kappa shape index (κ1) is 14.1. The molecule has 0 aliphatic carbocycles. The molecule has 21 heavy (non-hydrogen) atoms. The quantitative estimate of drug-likeness (QED) is 0.858. The Morgan fingerprint density at radius 2 is 1.90 bits per heavy atom. The van der Waals surface area contributed by atoms with Crippen LogP contribution in [0.1, 0.15) is 30.0 Å². The normalized spacial score (nSPS) is 22.7. The molecular formula is C16H20N2O3.